The predicted octanol–water partition coefficient (Wildman–Crippen LogP) is 0.520. The minimum atomic E-state index is -0.0178. The molecule has 0 saturated carbocycles. The molecule has 3 rings (SSSR count). The van der Waals surface area contributed by atoms with E-state index >= 15 is 0 Å². The van der Waals surface area contributed by atoms with E-state index in [1.807, 2.05) is 18.2 Å². The second-order valence-corrected chi connectivity index (χ2v) is 4.74. The van der Waals surface area contributed by atoms with Gasteiger partial charge in [0.25, 0.3) is 5.56 Å². The summed E-state index contributed by atoms with van der Waals surface area (Å²) in [6, 6.07) is 7.76. The van der Waals surface area contributed by atoms with Crippen LogP contribution in [0.15, 0.2) is 35.3 Å². The van der Waals surface area contributed by atoms with Crippen molar-refractivity contribution in [1.29, 1.82) is 0 Å². The summed E-state index contributed by atoms with van der Waals surface area (Å²) < 4.78 is 1.56. The monoisotopic (exact) mass is 280 g/mol. The van der Waals surface area contributed by atoms with E-state index in [0.29, 0.717) is 18.2 Å². The molecule has 1 aliphatic heterocycles. The number of fused-ring (bicyclic) bond motifs is 1. The van der Waals surface area contributed by atoms with Gasteiger partial charge in [-0.05, 0) is 19.2 Å². The molecular formula is C13H17ClN4O. The second kappa shape index (κ2) is 5.69. The Morgan fingerprint density at radius 3 is 2.95 bits per heavy atom. The summed E-state index contributed by atoms with van der Waals surface area (Å²) in [6.45, 7) is 2.75. The lowest BCUT2D eigenvalue weighted by molar-refractivity contribution is 0.171. The molecule has 0 atom stereocenters. The zero-order chi connectivity index (χ0) is 12.5. The molecule has 0 amide bonds. The molecule has 2 aromatic heterocycles. The lowest BCUT2D eigenvalue weighted by Gasteiger charge is -2.35. The summed E-state index contributed by atoms with van der Waals surface area (Å²) in [5.41, 5.74) is 1.52. The standard InChI is InChI=1S/C13H16N4O.ClH/c1-16(11-7-14-8-11)9-10-6-13(18)17-5-3-2-4-12(17)15-10;/h2-6,11,14H,7-9H2,1H3;1H. The van der Waals surface area contributed by atoms with Gasteiger partial charge in [0.05, 0.1) is 5.69 Å². The molecular weight excluding hydrogens is 264 g/mol. The highest BCUT2D eigenvalue weighted by atomic mass is 35.5. The van der Waals surface area contributed by atoms with Crippen molar-refractivity contribution >= 4 is 18.1 Å². The van der Waals surface area contributed by atoms with Crippen LogP contribution in [-0.4, -0.2) is 40.5 Å². The molecule has 0 radical (unpaired) electrons. The highest BCUT2D eigenvalue weighted by molar-refractivity contribution is 5.85. The fourth-order valence-corrected chi connectivity index (χ4v) is 2.15. The van der Waals surface area contributed by atoms with Crippen LogP contribution in [0.5, 0.6) is 0 Å². The zero-order valence-electron chi connectivity index (χ0n) is 10.7. The van der Waals surface area contributed by atoms with E-state index in [9.17, 15) is 4.79 Å². The summed E-state index contributed by atoms with van der Waals surface area (Å²) >= 11 is 0. The third-order valence-electron chi connectivity index (χ3n) is 3.42. The molecule has 0 unspecified atom stereocenters. The van der Waals surface area contributed by atoms with Crippen molar-refractivity contribution in [2.75, 3.05) is 20.1 Å². The van der Waals surface area contributed by atoms with Gasteiger partial charge >= 0.3 is 0 Å². The Hall–Kier alpha value is -1.43. The van der Waals surface area contributed by atoms with Crippen molar-refractivity contribution in [3.63, 3.8) is 0 Å². The number of aromatic nitrogens is 2. The normalized spacial score (nSPS) is 15.3. The van der Waals surface area contributed by atoms with Crippen LogP contribution in [0.25, 0.3) is 5.65 Å². The highest BCUT2D eigenvalue weighted by Crippen LogP contribution is 2.07. The van der Waals surface area contributed by atoms with Gasteiger partial charge in [0.2, 0.25) is 0 Å². The molecule has 1 saturated heterocycles. The van der Waals surface area contributed by atoms with Crippen LogP contribution in [0.4, 0.5) is 0 Å². The van der Waals surface area contributed by atoms with E-state index in [-0.39, 0.29) is 18.0 Å². The summed E-state index contributed by atoms with van der Waals surface area (Å²) in [7, 11) is 2.07. The molecule has 6 heteroatoms. The maximum Gasteiger partial charge on any atom is 0.258 e. The fraction of sp³-hybridized carbons (Fsp3) is 0.385. The molecule has 2 aromatic rings. The van der Waals surface area contributed by atoms with Gasteiger partial charge in [0.15, 0.2) is 0 Å². The van der Waals surface area contributed by atoms with Gasteiger partial charge in [-0.25, -0.2) is 4.98 Å². The molecule has 0 aromatic carbocycles. The van der Waals surface area contributed by atoms with Crippen LogP contribution >= 0.6 is 12.4 Å². The average Bonchev–Trinajstić information content (AvgIpc) is 2.26. The molecule has 1 aliphatic rings. The fourth-order valence-electron chi connectivity index (χ4n) is 2.15. The highest BCUT2D eigenvalue weighted by Gasteiger charge is 2.21. The number of nitrogens with zero attached hydrogens (tertiary/aromatic N) is 3. The second-order valence-electron chi connectivity index (χ2n) is 4.74. The van der Waals surface area contributed by atoms with Gasteiger partial charge in [0.1, 0.15) is 5.65 Å². The first kappa shape index (κ1) is 14.0. The number of rotatable bonds is 3. The lowest BCUT2D eigenvalue weighted by atomic mass is 10.1. The van der Waals surface area contributed by atoms with Gasteiger partial charge in [0, 0.05) is 37.9 Å². The molecule has 0 aliphatic carbocycles. The van der Waals surface area contributed by atoms with E-state index in [1.165, 1.54) is 0 Å². The Labute approximate surface area is 117 Å². The number of hydrogen-bond donors (Lipinski definition) is 1. The van der Waals surface area contributed by atoms with Crippen molar-refractivity contribution in [2.24, 2.45) is 0 Å². The lowest BCUT2D eigenvalue weighted by Crippen LogP contribution is -2.55. The Bertz CT molecular complexity index is 623. The van der Waals surface area contributed by atoms with Gasteiger partial charge in [-0.15, -0.1) is 12.4 Å². The molecule has 19 heavy (non-hydrogen) atoms. The van der Waals surface area contributed by atoms with E-state index in [4.69, 9.17) is 0 Å². The van der Waals surface area contributed by atoms with Crippen molar-refractivity contribution in [1.82, 2.24) is 19.6 Å². The Kier molecular flexibility index (Phi) is 4.19. The first-order valence-electron chi connectivity index (χ1n) is 6.12. The van der Waals surface area contributed by atoms with Crippen LogP contribution in [0, 0.1) is 0 Å². The quantitative estimate of drug-likeness (QED) is 0.891. The molecule has 3 heterocycles. The van der Waals surface area contributed by atoms with Crippen LogP contribution in [-0.2, 0) is 6.54 Å². The maximum atomic E-state index is 11.9. The van der Waals surface area contributed by atoms with E-state index in [1.54, 1.807) is 16.7 Å². The molecule has 5 nitrogen and oxygen atoms in total. The molecule has 0 bridgehead atoms. The Balaban J connectivity index is 0.00000133. The van der Waals surface area contributed by atoms with Crippen molar-refractivity contribution in [3.8, 4) is 0 Å². The molecule has 1 N–H and O–H groups in total. The van der Waals surface area contributed by atoms with Crippen molar-refractivity contribution in [2.45, 2.75) is 12.6 Å². The van der Waals surface area contributed by atoms with Crippen molar-refractivity contribution in [3.05, 3.63) is 46.5 Å². The summed E-state index contributed by atoms with van der Waals surface area (Å²) in [5, 5.41) is 3.24. The number of likely N-dealkylation sites (N-methyl/N-ethyl adjacent to an activating group) is 1. The minimum absolute atomic E-state index is 0. The third-order valence-corrected chi connectivity index (χ3v) is 3.42. The number of hydrogen-bond acceptors (Lipinski definition) is 4. The zero-order valence-corrected chi connectivity index (χ0v) is 11.6. The van der Waals surface area contributed by atoms with Gasteiger partial charge in [-0.2, -0.15) is 0 Å². The van der Waals surface area contributed by atoms with Gasteiger partial charge < -0.3 is 5.32 Å². The largest absolute Gasteiger partial charge is 0.314 e. The number of nitrogens with one attached hydrogen (secondary N) is 1. The number of pyridine rings is 1. The smallest absolute Gasteiger partial charge is 0.258 e. The Morgan fingerprint density at radius 1 is 1.47 bits per heavy atom. The van der Waals surface area contributed by atoms with Gasteiger partial charge in [-0.1, -0.05) is 6.07 Å². The summed E-state index contributed by atoms with van der Waals surface area (Å²) in [6.07, 6.45) is 1.74. The van der Waals surface area contributed by atoms with Crippen LogP contribution in [0.1, 0.15) is 5.69 Å². The minimum Gasteiger partial charge on any atom is -0.314 e. The van der Waals surface area contributed by atoms with Crippen molar-refractivity contribution < 1.29 is 0 Å². The third kappa shape index (κ3) is 2.78. The topological polar surface area (TPSA) is 49.6 Å². The first-order valence-corrected chi connectivity index (χ1v) is 6.12. The first-order chi connectivity index (χ1) is 8.74. The Morgan fingerprint density at radius 2 is 2.26 bits per heavy atom. The molecule has 102 valence electrons. The average molecular weight is 281 g/mol. The number of halogens is 1. The van der Waals surface area contributed by atoms with E-state index in [0.717, 1.165) is 18.8 Å². The SMILES string of the molecule is CN(Cc1cc(=O)n2ccccc2n1)C1CNC1.Cl. The van der Waals surface area contributed by atoms with Crippen LogP contribution < -0.4 is 10.9 Å². The summed E-state index contributed by atoms with van der Waals surface area (Å²) in [5.74, 6) is 0. The van der Waals surface area contributed by atoms with Crippen LogP contribution in [0.2, 0.25) is 0 Å². The predicted molar refractivity (Wildman–Crippen MR) is 76.8 cm³/mol. The van der Waals surface area contributed by atoms with E-state index < -0.39 is 0 Å². The van der Waals surface area contributed by atoms with Crippen LogP contribution in [0.3, 0.4) is 0 Å². The molecule has 1 fully saturated rings. The van der Waals surface area contributed by atoms with E-state index in [2.05, 4.69) is 22.2 Å². The summed E-state index contributed by atoms with van der Waals surface area (Å²) in [4.78, 5) is 18.7. The maximum absolute atomic E-state index is 11.9. The van der Waals surface area contributed by atoms with Gasteiger partial charge in [-0.3, -0.25) is 14.1 Å². The molecule has 0 spiro atoms.